The van der Waals surface area contributed by atoms with Gasteiger partial charge in [-0.3, -0.25) is 9.59 Å². The van der Waals surface area contributed by atoms with Gasteiger partial charge in [-0.05, 0) is 38.3 Å². The van der Waals surface area contributed by atoms with Crippen LogP contribution in [0.4, 0.5) is 0 Å². The van der Waals surface area contributed by atoms with Crippen molar-refractivity contribution in [2.75, 3.05) is 34.4 Å². The van der Waals surface area contributed by atoms with E-state index in [0.717, 1.165) is 19.4 Å². The third-order valence-electron chi connectivity index (χ3n) is 4.39. The summed E-state index contributed by atoms with van der Waals surface area (Å²) in [5.74, 6) is 0.851. The second-order valence-corrected chi connectivity index (χ2v) is 5.85. The second kappa shape index (κ2) is 8.60. The first-order chi connectivity index (χ1) is 12.0. The van der Waals surface area contributed by atoms with E-state index < -0.39 is 6.04 Å². The molecule has 1 saturated heterocycles. The Hall–Kier alpha value is -2.44. The fourth-order valence-corrected chi connectivity index (χ4v) is 3.01. The lowest BCUT2D eigenvalue weighted by atomic mass is 10.1. The van der Waals surface area contributed by atoms with E-state index in [1.54, 1.807) is 17.0 Å². The van der Waals surface area contributed by atoms with Gasteiger partial charge in [0.05, 0.1) is 21.3 Å². The molecule has 25 heavy (non-hydrogen) atoms. The molecule has 0 bridgehead atoms. The zero-order chi connectivity index (χ0) is 18.4. The highest BCUT2D eigenvalue weighted by Crippen LogP contribution is 2.38. The van der Waals surface area contributed by atoms with Crippen molar-refractivity contribution < 1.29 is 23.8 Å². The molecule has 1 heterocycles. The zero-order valence-electron chi connectivity index (χ0n) is 15.3. The number of methoxy groups -OCH3 is 3. The molecule has 1 aliphatic heterocycles. The van der Waals surface area contributed by atoms with E-state index in [2.05, 4.69) is 5.32 Å². The van der Waals surface area contributed by atoms with Crippen LogP contribution in [0.25, 0.3) is 0 Å². The number of hydrogen-bond acceptors (Lipinski definition) is 5. The Bertz CT molecular complexity index is 607. The Labute approximate surface area is 148 Å². The van der Waals surface area contributed by atoms with Crippen LogP contribution >= 0.6 is 0 Å². The van der Waals surface area contributed by atoms with E-state index in [1.807, 2.05) is 6.92 Å². The lowest BCUT2D eigenvalue weighted by molar-refractivity contribution is -0.132. The van der Waals surface area contributed by atoms with Gasteiger partial charge in [-0.1, -0.05) is 0 Å². The first kappa shape index (κ1) is 18.9. The Morgan fingerprint density at radius 2 is 1.80 bits per heavy atom. The third-order valence-corrected chi connectivity index (χ3v) is 4.39. The molecule has 0 radical (unpaired) electrons. The maximum absolute atomic E-state index is 12.7. The van der Waals surface area contributed by atoms with Gasteiger partial charge in [0.2, 0.25) is 11.7 Å². The van der Waals surface area contributed by atoms with Crippen molar-refractivity contribution in [1.29, 1.82) is 0 Å². The quantitative estimate of drug-likeness (QED) is 0.847. The summed E-state index contributed by atoms with van der Waals surface area (Å²) in [4.78, 5) is 27.0. The summed E-state index contributed by atoms with van der Waals surface area (Å²) in [6.45, 7) is 3.34. The van der Waals surface area contributed by atoms with Crippen molar-refractivity contribution in [3.8, 4) is 17.2 Å². The molecule has 1 aliphatic rings. The fraction of sp³-hybridized carbons (Fsp3) is 0.556. The summed E-state index contributed by atoms with van der Waals surface area (Å²) < 4.78 is 15.8. The Morgan fingerprint density at radius 1 is 1.16 bits per heavy atom. The number of hydrogen-bond donors (Lipinski definition) is 1. The van der Waals surface area contributed by atoms with Gasteiger partial charge < -0.3 is 24.4 Å². The lowest BCUT2D eigenvalue weighted by Gasteiger charge is -2.23. The number of carbonyl (C=O) groups excluding carboxylic acids is 2. The van der Waals surface area contributed by atoms with Crippen molar-refractivity contribution in [3.05, 3.63) is 17.7 Å². The van der Waals surface area contributed by atoms with Crippen molar-refractivity contribution in [1.82, 2.24) is 10.2 Å². The normalized spacial score (nSPS) is 17.7. The molecular weight excluding hydrogens is 324 g/mol. The summed E-state index contributed by atoms with van der Waals surface area (Å²) >= 11 is 0. The molecule has 1 aromatic rings. The van der Waals surface area contributed by atoms with Crippen LogP contribution in [-0.2, 0) is 4.79 Å². The van der Waals surface area contributed by atoms with Crippen molar-refractivity contribution in [3.63, 3.8) is 0 Å². The molecule has 138 valence electrons. The number of likely N-dealkylation sites (N-methyl/N-ethyl adjacent to an activating group) is 1. The first-order valence-electron chi connectivity index (χ1n) is 8.45. The van der Waals surface area contributed by atoms with Crippen molar-refractivity contribution in [2.45, 2.75) is 32.2 Å². The number of likely N-dealkylation sites (tertiary alicyclic amines) is 1. The molecule has 2 rings (SSSR count). The Balaban J connectivity index is 2.23. The minimum Gasteiger partial charge on any atom is -0.493 e. The van der Waals surface area contributed by atoms with Crippen LogP contribution in [0.15, 0.2) is 12.1 Å². The van der Waals surface area contributed by atoms with E-state index in [9.17, 15) is 9.59 Å². The molecule has 2 amide bonds. The molecular formula is C18H26N2O5. The molecule has 1 N–H and O–H groups in total. The van der Waals surface area contributed by atoms with Crippen molar-refractivity contribution in [2.24, 2.45) is 0 Å². The van der Waals surface area contributed by atoms with Crippen LogP contribution < -0.4 is 19.5 Å². The summed E-state index contributed by atoms with van der Waals surface area (Å²) in [5, 5.41) is 2.85. The number of nitrogens with one attached hydrogen (secondary N) is 1. The van der Waals surface area contributed by atoms with Crippen LogP contribution in [0.3, 0.4) is 0 Å². The van der Waals surface area contributed by atoms with Gasteiger partial charge in [-0.15, -0.1) is 0 Å². The van der Waals surface area contributed by atoms with Gasteiger partial charge in [0.1, 0.15) is 6.04 Å². The highest BCUT2D eigenvalue weighted by molar-refractivity contribution is 5.98. The number of amides is 2. The highest BCUT2D eigenvalue weighted by Gasteiger charge is 2.28. The molecule has 1 fully saturated rings. The second-order valence-electron chi connectivity index (χ2n) is 5.85. The summed E-state index contributed by atoms with van der Waals surface area (Å²) in [7, 11) is 4.49. The number of rotatable bonds is 6. The number of carbonyl (C=O) groups is 2. The predicted octanol–water partition coefficient (Wildman–Crippen LogP) is 1.84. The maximum atomic E-state index is 12.7. The van der Waals surface area contributed by atoms with Gasteiger partial charge in [-0.2, -0.15) is 0 Å². The highest BCUT2D eigenvalue weighted by atomic mass is 16.5. The minimum absolute atomic E-state index is 0.0270. The zero-order valence-corrected chi connectivity index (χ0v) is 15.3. The van der Waals surface area contributed by atoms with Gasteiger partial charge in [0.25, 0.3) is 5.91 Å². The van der Waals surface area contributed by atoms with E-state index >= 15 is 0 Å². The van der Waals surface area contributed by atoms with Crippen LogP contribution in [0, 0.1) is 0 Å². The van der Waals surface area contributed by atoms with Crippen LogP contribution in [0.2, 0.25) is 0 Å². The van der Waals surface area contributed by atoms with Crippen LogP contribution in [0.1, 0.15) is 36.5 Å². The average molecular weight is 350 g/mol. The largest absolute Gasteiger partial charge is 0.493 e. The van der Waals surface area contributed by atoms with E-state index in [1.165, 1.54) is 21.3 Å². The van der Waals surface area contributed by atoms with E-state index in [0.29, 0.717) is 35.8 Å². The number of ether oxygens (including phenoxy) is 3. The lowest BCUT2D eigenvalue weighted by Crippen LogP contribution is -2.47. The molecule has 0 aliphatic carbocycles. The Kier molecular flexibility index (Phi) is 6.50. The van der Waals surface area contributed by atoms with Gasteiger partial charge >= 0.3 is 0 Å². The van der Waals surface area contributed by atoms with Gasteiger partial charge in [0.15, 0.2) is 11.5 Å². The molecule has 1 unspecified atom stereocenters. The number of benzene rings is 1. The van der Waals surface area contributed by atoms with E-state index in [4.69, 9.17) is 14.2 Å². The van der Waals surface area contributed by atoms with Crippen LogP contribution in [-0.4, -0.2) is 57.2 Å². The van der Waals surface area contributed by atoms with Crippen molar-refractivity contribution >= 4 is 11.8 Å². The molecule has 0 aromatic heterocycles. The minimum atomic E-state index is -0.506. The summed E-state index contributed by atoms with van der Waals surface area (Å²) in [6, 6.07) is 2.65. The monoisotopic (exact) mass is 350 g/mol. The Morgan fingerprint density at radius 3 is 2.32 bits per heavy atom. The fourth-order valence-electron chi connectivity index (χ4n) is 3.01. The molecule has 7 heteroatoms. The summed E-state index contributed by atoms with van der Waals surface area (Å²) in [6.07, 6.45) is 2.50. The maximum Gasteiger partial charge on any atom is 0.252 e. The molecule has 0 spiro atoms. The molecule has 7 nitrogen and oxygen atoms in total. The molecule has 1 aromatic carbocycles. The predicted molar refractivity (Wildman–Crippen MR) is 93.5 cm³/mol. The van der Waals surface area contributed by atoms with Gasteiger partial charge in [-0.25, -0.2) is 0 Å². The van der Waals surface area contributed by atoms with Crippen LogP contribution in [0.5, 0.6) is 17.2 Å². The molecule has 0 saturated carbocycles. The topological polar surface area (TPSA) is 77.1 Å². The average Bonchev–Trinajstić information content (AvgIpc) is 2.81. The summed E-state index contributed by atoms with van der Waals surface area (Å²) in [5.41, 5.74) is 0.356. The first-order valence-corrected chi connectivity index (χ1v) is 8.45. The smallest absolute Gasteiger partial charge is 0.252 e. The standard InChI is InChI=1S/C18H26N2O5/c1-5-20-9-7-6-8-13(18(20)22)19-17(21)12-10-14(23-2)16(25-4)15(11-12)24-3/h10-11,13H,5-9H2,1-4H3,(H,19,21). The molecule has 1 atom stereocenters. The van der Waals surface area contributed by atoms with E-state index in [-0.39, 0.29) is 11.8 Å². The van der Waals surface area contributed by atoms with Gasteiger partial charge in [0, 0.05) is 18.7 Å². The third kappa shape index (κ3) is 4.15. The number of nitrogens with zero attached hydrogens (tertiary/aromatic N) is 1. The SMILES string of the molecule is CCN1CCCCC(NC(=O)c2cc(OC)c(OC)c(OC)c2)C1=O.